The van der Waals surface area contributed by atoms with Gasteiger partial charge in [-0.15, -0.1) is 0 Å². The third-order valence-electron chi connectivity index (χ3n) is 4.76. The van der Waals surface area contributed by atoms with Crippen molar-refractivity contribution in [2.75, 3.05) is 26.2 Å². The van der Waals surface area contributed by atoms with E-state index in [2.05, 4.69) is 23.6 Å². The van der Waals surface area contributed by atoms with Gasteiger partial charge >= 0.3 is 6.18 Å². The molecule has 2 saturated heterocycles. The number of halogens is 3. The molecule has 5 heteroatoms. The molecule has 2 rings (SSSR count). The van der Waals surface area contributed by atoms with Crippen LogP contribution in [0.3, 0.4) is 0 Å². The Morgan fingerprint density at radius 3 is 2.55 bits per heavy atom. The second kappa shape index (κ2) is 6.65. The maximum absolute atomic E-state index is 12.3. The zero-order chi connectivity index (χ0) is 14.8. The summed E-state index contributed by atoms with van der Waals surface area (Å²) in [5, 5.41) is 0. The van der Waals surface area contributed by atoms with E-state index in [9.17, 15) is 13.2 Å². The summed E-state index contributed by atoms with van der Waals surface area (Å²) in [6.07, 6.45) is -0.679. The minimum atomic E-state index is -4.01. The summed E-state index contributed by atoms with van der Waals surface area (Å²) < 4.78 is 36.9. The minimum absolute atomic E-state index is 0.236. The number of hydrogen-bond donors (Lipinski definition) is 0. The average Bonchev–Trinajstić information content (AvgIpc) is 2.36. The Labute approximate surface area is 120 Å². The quantitative estimate of drug-likeness (QED) is 0.782. The first-order valence-electron chi connectivity index (χ1n) is 7.91. The molecule has 0 aromatic heterocycles. The Bertz CT molecular complexity index is 304. The van der Waals surface area contributed by atoms with Gasteiger partial charge in [0.2, 0.25) is 0 Å². The van der Waals surface area contributed by atoms with E-state index < -0.39 is 12.6 Å². The molecule has 2 fully saturated rings. The second-order valence-electron chi connectivity index (χ2n) is 6.67. The zero-order valence-electron chi connectivity index (χ0n) is 12.6. The van der Waals surface area contributed by atoms with Crippen molar-refractivity contribution >= 4 is 0 Å². The summed E-state index contributed by atoms with van der Waals surface area (Å²) in [6.45, 7) is 8.13. The number of piperidine rings is 1. The standard InChI is InChI=1S/C15H27F3N2/c1-12(2)14-11-19-8-4-3-6-13(19)10-20(14)9-5-7-15(16,17)18/h12-14H,3-11H2,1-2H3. The molecule has 2 atom stereocenters. The van der Waals surface area contributed by atoms with Gasteiger partial charge in [-0.2, -0.15) is 13.2 Å². The first-order chi connectivity index (χ1) is 9.37. The van der Waals surface area contributed by atoms with Crippen LogP contribution in [0, 0.1) is 5.92 Å². The topological polar surface area (TPSA) is 6.48 Å². The highest BCUT2D eigenvalue weighted by Crippen LogP contribution is 2.28. The van der Waals surface area contributed by atoms with E-state index in [4.69, 9.17) is 0 Å². The van der Waals surface area contributed by atoms with Gasteiger partial charge in [0.05, 0.1) is 0 Å². The van der Waals surface area contributed by atoms with Crippen molar-refractivity contribution in [1.29, 1.82) is 0 Å². The molecule has 2 aliphatic heterocycles. The number of piperazine rings is 1. The minimum Gasteiger partial charge on any atom is -0.298 e. The monoisotopic (exact) mass is 292 g/mol. The lowest BCUT2D eigenvalue weighted by Gasteiger charge is -2.50. The van der Waals surface area contributed by atoms with Crippen molar-refractivity contribution in [2.24, 2.45) is 5.92 Å². The molecule has 2 nitrogen and oxygen atoms in total. The average molecular weight is 292 g/mol. The first-order valence-corrected chi connectivity index (χ1v) is 7.91. The summed E-state index contributed by atoms with van der Waals surface area (Å²) in [5.74, 6) is 0.503. The molecule has 0 N–H and O–H groups in total. The molecule has 0 aromatic rings. The van der Waals surface area contributed by atoms with Crippen LogP contribution in [0.2, 0.25) is 0 Å². The summed E-state index contributed by atoms with van der Waals surface area (Å²) >= 11 is 0. The zero-order valence-corrected chi connectivity index (χ0v) is 12.6. The van der Waals surface area contributed by atoms with Gasteiger partial charge in [0, 0.05) is 31.6 Å². The summed E-state index contributed by atoms with van der Waals surface area (Å²) in [7, 11) is 0. The van der Waals surface area contributed by atoms with Crippen molar-refractivity contribution in [1.82, 2.24) is 9.80 Å². The highest BCUT2D eigenvalue weighted by Gasteiger charge is 2.36. The van der Waals surface area contributed by atoms with Gasteiger partial charge in [-0.05, 0) is 38.3 Å². The van der Waals surface area contributed by atoms with Crippen LogP contribution in [0.5, 0.6) is 0 Å². The van der Waals surface area contributed by atoms with Crippen LogP contribution in [0.25, 0.3) is 0 Å². The third-order valence-corrected chi connectivity index (χ3v) is 4.76. The number of fused-ring (bicyclic) bond motifs is 1. The smallest absolute Gasteiger partial charge is 0.298 e. The molecule has 0 aromatic carbocycles. The van der Waals surface area contributed by atoms with Crippen molar-refractivity contribution < 1.29 is 13.2 Å². The summed E-state index contributed by atoms with van der Waals surface area (Å²) in [4.78, 5) is 4.89. The van der Waals surface area contributed by atoms with Crippen LogP contribution in [0.1, 0.15) is 46.0 Å². The SMILES string of the molecule is CC(C)C1CN2CCCCC2CN1CCCC(F)(F)F. The number of rotatable bonds is 4. The highest BCUT2D eigenvalue weighted by molar-refractivity contribution is 4.91. The maximum Gasteiger partial charge on any atom is 0.389 e. The fourth-order valence-corrected chi connectivity index (χ4v) is 3.64. The van der Waals surface area contributed by atoms with Gasteiger partial charge in [0.1, 0.15) is 0 Å². The number of alkyl halides is 3. The van der Waals surface area contributed by atoms with E-state index in [0.29, 0.717) is 24.5 Å². The molecule has 2 unspecified atom stereocenters. The highest BCUT2D eigenvalue weighted by atomic mass is 19.4. The van der Waals surface area contributed by atoms with E-state index >= 15 is 0 Å². The molecule has 118 valence electrons. The molecule has 0 bridgehead atoms. The van der Waals surface area contributed by atoms with E-state index in [-0.39, 0.29) is 6.42 Å². The summed E-state index contributed by atoms with van der Waals surface area (Å²) in [6, 6.07) is 0.988. The van der Waals surface area contributed by atoms with Gasteiger partial charge in [0.15, 0.2) is 0 Å². The van der Waals surface area contributed by atoms with Gasteiger partial charge in [-0.25, -0.2) is 0 Å². The Kier molecular flexibility index (Phi) is 5.35. The molecule has 20 heavy (non-hydrogen) atoms. The van der Waals surface area contributed by atoms with Gasteiger partial charge < -0.3 is 0 Å². The molecule has 0 saturated carbocycles. The predicted octanol–water partition coefficient (Wildman–Crippen LogP) is 3.52. The van der Waals surface area contributed by atoms with E-state index in [1.54, 1.807) is 0 Å². The van der Waals surface area contributed by atoms with Gasteiger partial charge in [-0.1, -0.05) is 20.3 Å². The van der Waals surface area contributed by atoms with Crippen molar-refractivity contribution in [2.45, 2.75) is 64.2 Å². The Hall–Kier alpha value is -0.290. The number of hydrogen-bond acceptors (Lipinski definition) is 2. The van der Waals surface area contributed by atoms with E-state index in [0.717, 1.165) is 13.1 Å². The van der Waals surface area contributed by atoms with Gasteiger partial charge in [-0.3, -0.25) is 9.80 Å². The Morgan fingerprint density at radius 1 is 1.15 bits per heavy atom. The lowest BCUT2D eigenvalue weighted by atomic mass is 9.92. The lowest BCUT2D eigenvalue weighted by molar-refractivity contribution is -0.137. The predicted molar refractivity (Wildman–Crippen MR) is 74.7 cm³/mol. The van der Waals surface area contributed by atoms with Crippen molar-refractivity contribution in [3.63, 3.8) is 0 Å². The van der Waals surface area contributed by atoms with Crippen molar-refractivity contribution in [3.05, 3.63) is 0 Å². The molecule has 0 radical (unpaired) electrons. The molecule has 2 aliphatic rings. The normalized spacial score (nSPS) is 29.7. The first kappa shape index (κ1) is 16.1. The molecular weight excluding hydrogens is 265 g/mol. The van der Waals surface area contributed by atoms with Crippen LogP contribution < -0.4 is 0 Å². The van der Waals surface area contributed by atoms with Gasteiger partial charge in [0.25, 0.3) is 0 Å². The molecule has 0 aliphatic carbocycles. The van der Waals surface area contributed by atoms with Crippen LogP contribution >= 0.6 is 0 Å². The van der Waals surface area contributed by atoms with Crippen LogP contribution in [0.15, 0.2) is 0 Å². The molecular formula is C15H27F3N2. The largest absolute Gasteiger partial charge is 0.389 e. The molecule has 0 spiro atoms. The Morgan fingerprint density at radius 2 is 1.90 bits per heavy atom. The van der Waals surface area contributed by atoms with Crippen molar-refractivity contribution in [3.8, 4) is 0 Å². The fourth-order valence-electron chi connectivity index (χ4n) is 3.64. The van der Waals surface area contributed by atoms with Crippen LogP contribution in [-0.4, -0.2) is 54.2 Å². The molecule has 2 heterocycles. The lowest BCUT2D eigenvalue weighted by Crippen LogP contribution is -2.61. The summed E-state index contributed by atoms with van der Waals surface area (Å²) in [5.41, 5.74) is 0. The number of nitrogens with zero attached hydrogens (tertiary/aromatic N) is 2. The maximum atomic E-state index is 12.3. The third kappa shape index (κ3) is 4.35. The second-order valence-corrected chi connectivity index (χ2v) is 6.67. The van der Waals surface area contributed by atoms with E-state index in [1.165, 1.54) is 25.8 Å². The van der Waals surface area contributed by atoms with E-state index in [1.807, 2.05) is 0 Å². The van der Waals surface area contributed by atoms with Crippen LogP contribution in [0.4, 0.5) is 13.2 Å². The Balaban J connectivity index is 1.90. The fraction of sp³-hybridized carbons (Fsp3) is 1.00. The van der Waals surface area contributed by atoms with Crippen LogP contribution in [-0.2, 0) is 0 Å². The molecule has 0 amide bonds.